The summed E-state index contributed by atoms with van der Waals surface area (Å²) in [5, 5.41) is 0. The van der Waals surface area contributed by atoms with Crippen molar-refractivity contribution >= 4 is 45.5 Å². The maximum atomic E-state index is 5.34. The Balaban J connectivity index is 1.26. The van der Waals surface area contributed by atoms with Gasteiger partial charge in [0.15, 0.2) is 0 Å². The highest BCUT2D eigenvalue weighted by molar-refractivity contribution is 7.00. The van der Waals surface area contributed by atoms with Gasteiger partial charge in [-0.1, -0.05) is 75.4 Å². The van der Waals surface area contributed by atoms with Crippen molar-refractivity contribution in [2.45, 2.75) is 70.8 Å². The molecule has 4 aromatic carbocycles. The molecule has 4 aliphatic carbocycles. The van der Waals surface area contributed by atoms with E-state index in [0.29, 0.717) is 5.41 Å². The fourth-order valence-electron chi connectivity index (χ4n) is 11.9. The van der Waals surface area contributed by atoms with Gasteiger partial charge in [-0.05, 0) is 119 Å². The van der Waals surface area contributed by atoms with Crippen LogP contribution in [0.2, 0.25) is 0 Å². The summed E-state index contributed by atoms with van der Waals surface area (Å²) in [7, 11) is 0. The maximum Gasteiger partial charge on any atom is 0.252 e. The molecule has 3 nitrogen and oxygen atoms in total. The van der Waals surface area contributed by atoms with Gasteiger partial charge in [0.05, 0.1) is 16.6 Å². The molecule has 6 aliphatic rings. The number of hydrogen-bond donors (Lipinski definition) is 0. The summed E-state index contributed by atoms with van der Waals surface area (Å²) >= 11 is 0. The van der Waals surface area contributed by atoms with E-state index in [9.17, 15) is 0 Å². The van der Waals surface area contributed by atoms with Gasteiger partial charge in [-0.3, -0.25) is 4.57 Å². The monoisotopic (exact) mass is 571 g/mol. The first-order chi connectivity index (χ1) is 21.3. The van der Waals surface area contributed by atoms with Crippen LogP contribution in [-0.2, 0) is 5.41 Å². The molecular weight excluding hydrogens is 533 g/mol. The molecule has 2 aliphatic heterocycles. The third-order valence-electron chi connectivity index (χ3n) is 13.3. The van der Waals surface area contributed by atoms with Crippen LogP contribution < -0.4 is 21.3 Å². The lowest BCUT2D eigenvalue weighted by Gasteiger charge is -2.76. The molecule has 5 aromatic rings. The molecule has 0 amide bonds. The number of fused-ring (bicyclic) bond motifs is 5. The molecule has 4 fully saturated rings. The summed E-state index contributed by atoms with van der Waals surface area (Å²) in [5.41, 5.74) is 15.9. The summed E-state index contributed by atoms with van der Waals surface area (Å²) in [6.07, 6.45) is 7.17. The number of hydrogen-bond acceptors (Lipinski definition) is 2. The number of rotatable bonds is 2. The molecule has 2 bridgehead atoms. The molecule has 4 heteroatoms. The van der Waals surface area contributed by atoms with Crippen LogP contribution in [0.3, 0.4) is 0 Å². The number of benzene rings is 4. The Morgan fingerprint density at radius 1 is 0.795 bits per heavy atom. The summed E-state index contributed by atoms with van der Waals surface area (Å²) < 4.78 is 2.52. The Kier molecular flexibility index (Phi) is 4.20. The number of anilines is 2. The van der Waals surface area contributed by atoms with Gasteiger partial charge in [-0.25, -0.2) is 4.98 Å². The maximum absolute atomic E-state index is 5.34. The van der Waals surface area contributed by atoms with Crippen LogP contribution in [-0.4, -0.2) is 21.8 Å². The lowest BCUT2D eigenvalue weighted by atomic mass is 9.31. The van der Waals surface area contributed by atoms with Gasteiger partial charge >= 0.3 is 0 Å². The van der Waals surface area contributed by atoms with E-state index in [4.69, 9.17) is 4.98 Å². The molecular formula is C40H38BN3. The largest absolute Gasteiger partial charge is 0.336 e. The van der Waals surface area contributed by atoms with Crippen molar-refractivity contribution < 1.29 is 0 Å². The van der Waals surface area contributed by atoms with Crippen molar-refractivity contribution in [1.82, 2.24) is 9.55 Å². The lowest BCUT2D eigenvalue weighted by molar-refractivity contribution is -0.190. The van der Waals surface area contributed by atoms with Gasteiger partial charge in [-0.15, -0.1) is 0 Å². The molecule has 0 saturated heterocycles. The average Bonchev–Trinajstić information content (AvgIpc) is 3.65. The predicted molar refractivity (Wildman–Crippen MR) is 182 cm³/mol. The molecule has 5 unspecified atom stereocenters. The number of aromatic nitrogens is 2. The van der Waals surface area contributed by atoms with Crippen molar-refractivity contribution in [2.24, 2.45) is 23.2 Å². The van der Waals surface area contributed by atoms with E-state index in [-0.39, 0.29) is 17.7 Å². The zero-order valence-corrected chi connectivity index (χ0v) is 26.2. The van der Waals surface area contributed by atoms with Crippen LogP contribution >= 0.6 is 0 Å². The van der Waals surface area contributed by atoms with E-state index in [0.717, 1.165) is 29.1 Å². The smallest absolute Gasteiger partial charge is 0.252 e. The van der Waals surface area contributed by atoms with E-state index in [1.54, 1.807) is 0 Å². The van der Waals surface area contributed by atoms with Crippen molar-refractivity contribution in [3.8, 4) is 17.1 Å². The predicted octanol–water partition coefficient (Wildman–Crippen LogP) is 7.16. The molecule has 216 valence electrons. The molecule has 5 atom stereocenters. The fraction of sp³-hybridized carbons (Fsp3) is 0.375. The summed E-state index contributed by atoms with van der Waals surface area (Å²) in [4.78, 5) is 8.30. The van der Waals surface area contributed by atoms with Crippen molar-refractivity contribution in [1.29, 1.82) is 0 Å². The zero-order chi connectivity index (χ0) is 29.3. The molecule has 1 spiro atoms. The normalized spacial score (nSPS) is 29.7. The Labute approximate surface area is 260 Å². The van der Waals surface area contributed by atoms with Crippen molar-refractivity contribution in [3.63, 3.8) is 0 Å². The molecule has 44 heavy (non-hydrogen) atoms. The van der Waals surface area contributed by atoms with Crippen LogP contribution in [0.5, 0.6) is 0 Å². The van der Waals surface area contributed by atoms with E-state index in [2.05, 4.69) is 116 Å². The van der Waals surface area contributed by atoms with Gasteiger partial charge in [-0.2, -0.15) is 0 Å². The topological polar surface area (TPSA) is 21.1 Å². The summed E-state index contributed by atoms with van der Waals surface area (Å²) in [5.74, 6) is 3.84. The molecule has 3 heterocycles. The van der Waals surface area contributed by atoms with E-state index >= 15 is 0 Å². The Bertz CT molecular complexity index is 2100. The minimum absolute atomic E-state index is 0.0865. The Morgan fingerprint density at radius 2 is 1.64 bits per heavy atom. The van der Waals surface area contributed by atoms with Gasteiger partial charge < -0.3 is 4.90 Å². The molecule has 1 aromatic heterocycles. The van der Waals surface area contributed by atoms with Gasteiger partial charge in [0.1, 0.15) is 5.82 Å². The average molecular weight is 572 g/mol. The number of para-hydroxylation sites is 1. The number of imidazole rings is 1. The number of nitrogens with zero attached hydrogens (tertiary/aromatic N) is 3. The second-order valence-corrected chi connectivity index (χ2v) is 16.3. The first-order valence-corrected chi connectivity index (χ1v) is 16.9. The molecule has 0 N–H and O–H groups in total. The first-order valence-electron chi connectivity index (χ1n) is 16.9. The van der Waals surface area contributed by atoms with Crippen LogP contribution in [0.15, 0.2) is 78.9 Å². The molecule has 0 radical (unpaired) electrons. The van der Waals surface area contributed by atoms with E-state index in [1.165, 1.54) is 87.8 Å². The SMILES string of the molecule is Cc1cc2c3c(c1)-n1c(-c4ccccc4)nc4cccc(c41)B3c1cc(C(C)(C)C)ccc1N2C12CC3CC4CC(C1)C42C3. The lowest BCUT2D eigenvalue weighted by Crippen LogP contribution is -2.78. The zero-order valence-electron chi connectivity index (χ0n) is 26.2. The second kappa shape index (κ2) is 7.53. The quantitative estimate of drug-likeness (QED) is 0.206. The van der Waals surface area contributed by atoms with Crippen LogP contribution in [0.1, 0.15) is 64.0 Å². The van der Waals surface area contributed by atoms with Crippen LogP contribution in [0, 0.1) is 30.1 Å². The van der Waals surface area contributed by atoms with Crippen molar-refractivity contribution in [2.75, 3.05) is 4.90 Å². The first kappa shape index (κ1) is 24.5. The van der Waals surface area contributed by atoms with Crippen LogP contribution in [0.25, 0.3) is 28.1 Å². The number of aryl methyl sites for hydroxylation is 1. The minimum Gasteiger partial charge on any atom is -0.336 e. The Morgan fingerprint density at radius 3 is 2.43 bits per heavy atom. The molecule has 11 rings (SSSR count). The summed E-state index contributed by atoms with van der Waals surface area (Å²) in [6, 6.07) is 30.2. The second-order valence-electron chi connectivity index (χ2n) is 16.3. The third kappa shape index (κ3) is 2.58. The third-order valence-corrected chi connectivity index (χ3v) is 13.3. The van der Waals surface area contributed by atoms with Crippen molar-refractivity contribution in [3.05, 3.63) is 90.0 Å². The highest BCUT2D eigenvalue weighted by Gasteiger charge is 2.82. The van der Waals surface area contributed by atoms with Crippen LogP contribution in [0.4, 0.5) is 11.4 Å². The van der Waals surface area contributed by atoms with E-state index < -0.39 is 0 Å². The highest BCUT2D eigenvalue weighted by Crippen LogP contribution is 2.84. The standard InChI is InChI=1S/C40H38BN3/c1-23-15-33-35-34(16-23)44(39-20-24-17-27-18-28(22-39)40(27,39)21-24)32-14-13-26(38(2,3)4)19-30(32)41(35)29-11-8-12-31-36(29)43(33)37(42-31)25-9-6-5-7-10-25/h5-16,19,24,27-28H,17-18,20-22H2,1-4H3. The molecule has 4 saturated carbocycles. The van der Waals surface area contributed by atoms with E-state index in [1.807, 2.05) is 0 Å². The van der Waals surface area contributed by atoms with Gasteiger partial charge in [0, 0.05) is 22.6 Å². The minimum atomic E-state index is 0.0865. The summed E-state index contributed by atoms with van der Waals surface area (Å²) in [6.45, 7) is 9.61. The fourth-order valence-corrected chi connectivity index (χ4v) is 11.9. The Hall–Kier alpha value is -3.79. The highest BCUT2D eigenvalue weighted by atomic mass is 15.3. The van der Waals surface area contributed by atoms with Gasteiger partial charge in [0.2, 0.25) is 0 Å². The van der Waals surface area contributed by atoms with Gasteiger partial charge in [0.25, 0.3) is 6.71 Å².